The Kier molecular flexibility index (Phi) is 4.20. The van der Waals surface area contributed by atoms with E-state index in [1.807, 2.05) is 0 Å². The molecular weight excluding hydrogens is 270 g/mol. The molecule has 2 nitrogen and oxygen atoms in total. The number of hydrogen-bond donors (Lipinski definition) is 0. The van der Waals surface area contributed by atoms with E-state index in [0.717, 1.165) is 6.07 Å². The van der Waals surface area contributed by atoms with Crippen LogP contribution in [0.1, 0.15) is 15.9 Å². The lowest BCUT2D eigenvalue weighted by Gasteiger charge is -2.08. The number of benzene rings is 1. The number of hydrogen-bond acceptors (Lipinski definition) is 2. The van der Waals surface area contributed by atoms with E-state index in [-0.39, 0.29) is 17.5 Å². The molecule has 0 heterocycles. The molecule has 0 spiro atoms. The van der Waals surface area contributed by atoms with E-state index in [1.165, 1.54) is 13.2 Å². The summed E-state index contributed by atoms with van der Waals surface area (Å²) in [5, 5.41) is 0.442. The van der Waals surface area contributed by atoms with Gasteiger partial charge in [0.25, 0.3) is 0 Å². The van der Waals surface area contributed by atoms with Crippen molar-refractivity contribution in [3.8, 4) is 0 Å². The minimum atomic E-state index is -0.989. The molecule has 5 heteroatoms. The first-order valence-electron chi connectivity index (χ1n) is 4.23. The molecule has 1 aromatic rings. The summed E-state index contributed by atoms with van der Waals surface area (Å²) in [6, 6.07) is 2.14. The zero-order valence-electron chi connectivity index (χ0n) is 8.02. The third kappa shape index (κ3) is 2.53. The lowest BCUT2D eigenvalue weighted by Crippen LogP contribution is -2.09. The van der Waals surface area contributed by atoms with Gasteiger partial charge in [-0.15, -0.1) is 0 Å². The Morgan fingerprint density at radius 2 is 2.13 bits per heavy atom. The number of ether oxygens (including phenoxy) is 1. The van der Waals surface area contributed by atoms with Crippen LogP contribution in [0.2, 0.25) is 0 Å². The molecule has 0 aromatic heterocycles. The average Bonchev–Trinajstić information content (AvgIpc) is 2.24. The SMILES string of the molecule is COC(=O)c1ccc(F)c(F)c1CCBr. The number of carbonyl (C=O) groups excluding carboxylic acids is 1. The van der Waals surface area contributed by atoms with E-state index in [4.69, 9.17) is 0 Å². The monoisotopic (exact) mass is 278 g/mol. The Balaban J connectivity index is 3.26. The van der Waals surface area contributed by atoms with Crippen molar-refractivity contribution in [2.45, 2.75) is 6.42 Å². The molecule has 0 aliphatic carbocycles. The topological polar surface area (TPSA) is 26.3 Å². The van der Waals surface area contributed by atoms with Gasteiger partial charge in [0.1, 0.15) is 0 Å². The number of methoxy groups -OCH3 is 1. The molecule has 0 unspecified atom stereocenters. The smallest absolute Gasteiger partial charge is 0.338 e. The van der Waals surface area contributed by atoms with Crippen LogP contribution in [0.4, 0.5) is 8.78 Å². The highest BCUT2D eigenvalue weighted by Crippen LogP contribution is 2.19. The van der Waals surface area contributed by atoms with Gasteiger partial charge in [0.05, 0.1) is 12.7 Å². The van der Waals surface area contributed by atoms with E-state index in [0.29, 0.717) is 5.33 Å². The highest BCUT2D eigenvalue weighted by atomic mass is 79.9. The first-order chi connectivity index (χ1) is 7.11. The normalized spacial score (nSPS) is 10.1. The predicted octanol–water partition coefficient (Wildman–Crippen LogP) is 2.69. The molecule has 0 amide bonds. The zero-order chi connectivity index (χ0) is 11.4. The summed E-state index contributed by atoms with van der Waals surface area (Å²) in [5.74, 6) is -2.61. The molecule has 0 saturated carbocycles. The molecular formula is C10H9BrF2O2. The van der Waals surface area contributed by atoms with E-state index >= 15 is 0 Å². The van der Waals surface area contributed by atoms with Crippen molar-refractivity contribution >= 4 is 21.9 Å². The van der Waals surface area contributed by atoms with Crippen LogP contribution in [0, 0.1) is 11.6 Å². The standard InChI is InChI=1S/C10H9BrF2O2/c1-15-10(14)7-2-3-8(12)9(13)6(7)4-5-11/h2-3H,4-5H2,1H3. The molecule has 0 aliphatic rings. The Morgan fingerprint density at radius 1 is 1.47 bits per heavy atom. The fourth-order valence-corrected chi connectivity index (χ4v) is 1.63. The summed E-state index contributed by atoms with van der Waals surface area (Å²) in [4.78, 5) is 11.2. The van der Waals surface area contributed by atoms with E-state index in [1.54, 1.807) is 0 Å². The number of rotatable bonds is 3. The molecule has 1 rings (SSSR count). The van der Waals surface area contributed by atoms with E-state index < -0.39 is 17.6 Å². The first-order valence-corrected chi connectivity index (χ1v) is 5.35. The Hall–Kier alpha value is -0.970. The van der Waals surface area contributed by atoms with Crippen molar-refractivity contribution in [1.82, 2.24) is 0 Å². The summed E-state index contributed by atoms with van der Waals surface area (Å²) in [6.07, 6.45) is 0.230. The van der Waals surface area contributed by atoms with Crippen LogP contribution in [0.3, 0.4) is 0 Å². The van der Waals surface area contributed by atoms with Crippen LogP contribution in [0.5, 0.6) is 0 Å². The van der Waals surface area contributed by atoms with E-state index in [9.17, 15) is 13.6 Å². The second-order valence-corrected chi connectivity index (χ2v) is 3.61. The van der Waals surface area contributed by atoms with Gasteiger partial charge in [-0.2, -0.15) is 0 Å². The molecule has 0 radical (unpaired) electrons. The predicted molar refractivity (Wildman–Crippen MR) is 55.2 cm³/mol. The van der Waals surface area contributed by atoms with E-state index in [2.05, 4.69) is 20.7 Å². The third-order valence-electron chi connectivity index (χ3n) is 1.95. The molecule has 15 heavy (non-hydrogen) atoms. The van der Waals surface area contributed by atoms with Crippen molar-refractivity contribution in [1.29, 1.82) is 0 Å². The maximum Gasteiger partial charge on any atom is 0.338 e. The maximum absolute atomic E-state index is 13.3. The van der Waals surface area contributed by atoms with Crippen LogP contribution in [-0.2, 0) is 11.2 Å². The summed E-state index contributed by atoms with van der Waals surface area (Å²) in [6.45, 7) is 0. The molecule has 82 valence electrons. The van der Waals surface area contributed by atoms with Crippen LogP contribution >= 0.6 is 15.9 Å². The second kappa shape index (κ2) is 5.21. The van der Waals surface area contributed by atoms with Gasteiger partial charge in [0.2, 0.25) is 0 Å². The van der Waals surface area contributed by atoms with Gasteiger partial charge >= 0.3 is 5.97 Å². The quantitative estimate of drug-likeness (QED) is 0.628. The zero-order valence-corrected chi connectivity index (χ0v) is 9.61. The second-order valence-electron chi connectivity index (χ2n) is 2.82. The van der Waals surface area contributed by atoms with Crippen molar-refractivity contribution in [3.63, 3.8) is 0 Å². The summed E-state index contributed by atoms with van der Waals surface area (Å²) >= 11 is 3.11. The lowest BCUT2D eigenvalue weighted by atomic mass is 10.0. The lowest BCUT2D eigenvalue weighted by molar-refractivity contribution is 0.0598. The number of esters is 1. The molecule has 0 N–H and O–H groups in total. The third-order valence-corrected chi connectivity index (χ3v) is 2.34. The Labute approximate surface area is 94.4 Å². The summed E-state index contributed by atoms with van der Waals surface area (Å²) in [7, 11) is 1.20. The van der Waals surface area contributed by atoms with Crippen LogP contribution in [0.15, 0.2) is 12.1 Å². The Morgan fingerprint density at radius 3 is 2.67 bits per heavy atom. The van der Waals surface area contributed by atoms with Crippen molar-refractivity contribution in [2.75, 3.05) is 12.4 Å². The fraction of sp³-hybridized carbons (Fsp3) is 0.300. The van der Waals surface area contributed by atoms with Gasteiger partial charge < -0.3 is 4.74 Å². The van der Waals surface area contributed by atoms with Gasteiger partial charge in [-0.25, -0.2) is 13.6 Å². The minimum absolute atomic E-state index is 0.0405. The molecule has 0 atom stereocenters. The number of alkyl halides is 1. The minimum Gasteiger partial charge on any atom is -0.465 e. The van der Waals surface area contributed by atoms with Gasteiger partial charge in [-0.1, -0.05) is 15.9 Å². The highest BCUT2D eigenvalue weighted by Gasteiger charge is 2.18. The van der Waals surface area contributed by atoms with Gasteiger partial charge in [-0.05, 0) is 18.6 Å². The summed E-state index contributed by atoms with van der Waals surface area (Å²) < 4.78 is 30.7. The first kappa shape index (κ1) is 12.1. The molecule has 0 fully saturated rings. The van der Waals surface area contributed by atoms with Crippen LogP contribution in [0.25, 0.3) is 0 Å². The van der Waals surface area contributed by atoms with Gasteiger partial charge in [0, 0.05) is 10.9 Å². The molecule has 0 bridgehead atoms. The van der Waals surface area contributed by atoms with Crippen LogP contribution < -0.4 is 0 Å². The largest absolute Gasteiger partial charge is 0.465 e. The molecule has 0 aliphatic heterocycles. The fourth-order valence-electron chi connectivity index (χ4n) is 1.23. The van der Waals surface area contributed by atoms with Crippen molar-refractivity contribution in [3.05, 3.63) is 34.9 Å². The van der Waals surface area contributed by atoms with Crippen molar-refractivity contribution in [2.24, 2.45) is 0 Å². The number of halogens is 3. The maximum atomic E-state index is 13.3. The average molecular weight is 279 g/mol. The molecule has 1 aromatic carbocycles. The van der Waals surface area contributed by atoms with Gasteiger partial charge in [-0.3, -0.25) is 0 Å². The highest BCUT2D eigenvalue weighted by molar-refractivity contribution is 9.09. The van der Waals surface area contributed by atoms with Gasteiger partial charge in [0.15, 0.2) is 11.6 Å². The van der Waals surface area contributed by atoms with Crippen LogP contribution in [-0.4, -0.2) is 18.4 Å². The summed E-state index contributed by atoms with van der Waals surface area (Å²) in [5.41, 5.74) is 0.106. The Bertz CT molecular complexity index is 380. The number of carbonyl (C=O) groups is 1. The molecule has 0 saturated heterocycles. The van der Waals surface area contributed by atoms with Crippen molar-refractivity contribution < 1.29 is 18.3 Å².